The molecule has 0 unspecified atom stereocenters. The standard InChI is InChI=1S/C8H14N2O2S/c1-8(2,3)10-6-5-9-7(10)13(4,11)12/h5-6H,1-4H3. The fourth-order valence-electron chi connectivity index (χ4n) is 1.07. The van der Waals surface area contributed by atoms with Gasteiger partial charge in [-0.15, -0.1) is 0 Å². The second-order valence-corrected chi connectivity index (χ2v) is 5.93. The minimum Gasteiger partial charge on any atom is -0.317 e. The molecule has 1 heterocycles. The Morgan fingerprint density at radius 2 is 1.92 bits per heavy atom. The van der Waals surface area contributed by atoms with Gasteiger partial charge in [-0.3, -0.25) is 0 Å². The second kappa shape index (κ2) is 2.83. The summed E-state index contributed by atoms with van der Waals surface area (Å²) in [7, 11) is -3.22. The third-order valence-corrected chi connectivity index (χ3v) is 2.63. The summed E-state index contributed by atoms with van der Waals surface area (Å²) in [6, 6.07) is 0. The van der Waals surface area contributed by atoms with E-state index in [9.17, 15) is 8.42 Å². The van der Waals surface area contributed by atoms with E-state index in [0.717, 1.165) is 6.26 Å². The molecular weight excluding hydrogens is 188 g/mol. The Morgan fingerprint density at radius 3 is 2.23 bits per heavy atom. The van der Waals surface area contributed by atoms with Gasteiger partial charge in [0.25, 0.3) is 0 Å². The first-order valence-corrected chi connectivity index (χ1v) is 5.86. The van der Waals surface area contributed by atoms with Crippen LogP contribution >= 0.6 is 0 Å². The van der Waals surface area contributed by atoms with E-state index in [4.69, 9.17) is 0 Å². The molecule has 0 fully saturated rings. The summed E-state index contributed by atoms with van der Waals surface area (Å²) in [5.74, 6) is 0. The minimum atomic E-state index is -3.22. The Labute approximate surface area is 78.5 Å². The van der Waals surface area contributed by atoms with Crippen LogP contribution in [0.2, 0.25) is 0 Å². The van der Waals surface area contributed by atoms with Crippen LogP contribution in [0.15, 0.2) is 17.6 Å². The predicted molar refractivity (Wildman–Crippen MR) is 50.3 cm³/mol. The number of aromatic nitrogens is 2. The molecule has 1 aromatic rings. The van der Waals surface area contributed by atoms with Gasteiger partial charge in [-0.25, -0.2) is 13.4 Å². The predicted octanol–water partition coefficient (Wildman–Crippen LogP) is 1.04. The molecule has 0 amide bonds. The maximum Gasteiger partial charge on any atom is 0.227 e. The molecule has 4 nitrogen and oxygen atoms in total. The Hall–Kier alpha value is -0.840. The minimum absolute atomic E-state index is 0.125. The van der Waals surface area contributed by atoms with Crippen molar-refractivity contribution in [2.75, 3.05) is 6.26 Å². The highest BCUT2D eigenvalue weighted by Gasteiger charge is 2.22. The molecule has 0 bridgehead atoms. The number of hydrogen-bond donors (Lipinski definition) is 0. The Kier molecular flexibility index (Phi) is 2.23. The van der Waals surface area contributed by atoms with E-state index in [1.54, 1.807) is 10.8 Å². The highest BCUT2D eigenvalue weighted by Crippen LogP contribution is 2.18. The summed E-state index contributed by atoms with van der Waals surface area (Å²) in [5, 5.41) is 0.125. The smallest absolute Gasteiger partial charge is 0.227 e. The Balaban J connectivity index is 3.35. The number of nitrogens with zero attached hydrogens (tertiary/aromatic N) is 2. The summed E-state index contributed by atoms with van der Waals surface area (Å²) in [5.41, 5.74) is -0.255. The van der Waals surface area contributed by atoms with Gasteiger partial charge in [0.2, 0.25) is 15.0 Å². The van der Waals surface area contributed by atoms with Crippen molar-refractivity contribution < 1.29 is 8.42 Å². The second-order valence-electron chi connectivity index (χ2n) is 4.02. The molecule has 0 spiro atoms. The lowest BCUT2D eigenvalue weighted by atomic mass is 10.1. The summed E-state index contributed by atoms with van der Waals surface area (Å²) in [6.45, 7) is 5.80. The molecule has 13 heavy (non-hydrogen) atoms. The van der Waals surface area contributed by atoms with Gasteiger partial charge in [0, 0.05) is 24.2 Å². The lowest BCUT2D eigenvalue weighted by Gasteiger charge is -2.22. The summed E-state index contributed by atoms with van der Waals surface area (Å²) in [4.78, 5) is 3.83. The third kappa shape index (κ3) is 2.09. The molecule has 0 radical (unpaired) electrons. The van der Waals surface area contributed by atoms with E-state index in [2.05, 4.69) is 4.98 Å². The molecule has 0 atom stereocenters. The van der Waals surface area contributed by atoms with Crippen molar-refractivity contribution in [2.45, 2.75) is 31.5 Å². The highest BCUT2D eigenvalue weighted by molar-refractivity contribution is 7.90. The van der Waals surface area contributed by atoms with Crippen LogP contribution in [0.3, 0.4) is 0 Å². The Bertz CT molecular complexity index is 398. The first kappa shape index (κ1) is 10.2. The van der Waals surface area contributed by atoms with Crippen LogP contribution in [0, 0.1) is 0 Å². The van der Waals surface area contributed by atoms with Gasteiger partial charge in [-0.05, 0) is 20.8 Å². The maximum absolute atomic E-state index is 11.3. The van der Waals surface area contributed by atoms with Crippen molar-refractivity contribution >= 4 is 9.84 Å². The number of sulfone groups is 1. The summed E-state index contributed by atoms with van der Waals surface area (Å²) >= 11 is 0. The van der Waals surface area contributed by atoms with Crippen molar-refractivity contribution in [2.24, 2.45) is 0 Å². The molecule has 0 aliphatic rings. The zero-order valence-electron chi connectivity index (χ0n) is 8.27. The molecule has 5 heteroatoms. The van der Waals surface area contributed by atoms with Gasteiger partial charge >= 0.3 is 0 Å². The number of hydrogen-bond acceptors (Lipinski definition) is 3. The molecule has 74 valence electrons. The van der Waals surface area contributed by atoms with Crippen LogP contribution < -0.4 is 0 Å². The molecule has 0 saturated heterocycles. The average molecular weight is 202 g/mol. The van der Waals surface area contributed by atoms with Gasteiger partial charge in [-0.1, -0.05) is 0 Å². The first-order chi connectivity index (χ1) is 5.73. The SMILES string of the molecule is CC(C)(C)n1ccnc1S(C)(=O)=O. The monoisotopic (exact) mass is 202 g/mol. The van der Waals surface area contributed by atoms with Gasteiger partial charge in [-0.2, -0.15) is 0 Å². The zero-order valence-corrected chi connectivity index (χ0v) is 9.09. The quantitative estimate of drug-likeness (QED) is 0.683. The van der Waals surface area contributed by atoms with Gasteiger partial charge in [0.1, 0.15) is 0 Å². The van der Waals surface area contributed by atoms with Crippen LogP contribution in [0.5, 0.6) is 0 Å². The van der Waals surface area contributed by atoms with Crippen molar-refractivity contribution in [1.82, 2.24) is 9.55 Å². The van der Waals surface area contributed by atoms with Crippen LogP contribution in [-0.2, 0) is 15.4 Å². The first-order valence-electron chi connectivity index (χ1n) is 3.97. The van der Waals surface area contributed by atoms with Crippen LogP contribution in [0.4, 0.5) is 0 Å². The van der Waals surface area contributed by atoms with Gasteiger partial charge in [0.05, 0.1) is 0 Å². The summed E-state index contributed by atoms with van der Waals surface area (Å²) in [6.07, 6.45) is 4.34. The lowest BCUT2D eigenvalue weighted by molar-refractivity contribution is 0.362. The molecule has 0 aromatic carbocycles. The van der Waals surface area contributed by atoms with Crippen LogP contribution in [-0.4, -0.2) is 24.2 Å². The molecular formula is C8H14N2O2S. The van der Waals surface area contributed by atoms with Gasteiger partial charge in [0.15, 0.2) is 0 Å². The fraction of sp³-hybridized carbons (Fsp3) is 0.625. The molecule has 0 saturated carbocycles. The molecule has 0 N–H and O–H groups in total. The van der Waals surface area contributed by atoms with E-state index in [-0.39, 0.29) is 10.7 Å². The largest absolute Gasteiger partial charge is 0.317 e. The number of rotatable bonds is 1. The van der Waals surface area contributed by atoms with Crippen molar-refractivity contribution in [1.29, 1.82) is 0 Å². The van der Waals surface area contributed by atoms with E-state index in [0.29, 0.717) is 0 Å². The molecule has 0 aliphatic heterocycles. The van der Waals surface area contributed by atoms with E-state index in [1.165, 1.54) is 6.20 Å². The normalized spacial score (nSPS) is 13.2. The van der Waals surface area contributed by atoms with E-state index >= 15 is 0 Å². The van der Waals surface area contributed by atoms with Crippen molar-refractivity contribution in [3.8, 4) is 0 Å². The molecule has 1 aromatic heterocycles. The van der Waals surface area contributed by atoms with Crippen molar-refractivity contribution in [3.63, 3.8) is 0 Å². The third-order valence-electron chi connectivity index (χ3n) is 1.66. The van der Waals surface area contributed by atoms with E-state index < -0.39 is 9.84 Å². The Morgan fingerprint density at radius 1 is 1.38 bits per heavy atom. The molecule has 0 aliphatic carbocycles. The highest BCUT2D eigenvalue weighted by atomic mass is 32.2. The van der Waals surface area contributed by atoms with Gasteiger partial charge < -0.3 is 4.57 Å². The van der Waals surface area contributed by atoms with Crippen LogP contribution in [0.1, 0.15) is 20.8 Å². The lowest BCUT2D eigenvalue weighted by Crippen LogP contribution is -2.24. The molecule has 1 rings (SSSR count). The fourth-order valence-corrected chi connectivity index (χ4v) is 2.02. The number of imidazole rings is 1. The van der Waals surface area contributed by atoms with Crippen molar-refractivity contribution in [3.05, 3.63) is 12.4 Å². The zero-order chi connectivity index (χ0) is 10.3. The topological polar surface area (TPSA) is 52.0 Å². The average Bonchev–Trinajstić information content (AvgIpc) is 2.27. The summed E-state index contributed by atoms with van der Waals surface area (Å²) < 4.78 is 24.2. The maximum atomic E-state index is 11.3. The van der Waals surface area contributed by atoms with E-state index in [1.807, 2.05) is 20.8 Å². The van der Waals surface area contributed by atoms with Crippen LogP contribution in [0.25, 0.3) is 0 Å².